The van der Waals surface area contributed by atoms with Gasteiger partial charge in [0.25, 0.3) is 0 Å². The van der Waals surface area contributed by atoms with Crippen molar-refractivity contribution in [2.45, 2.75) is 0 Å². The molecule has 0 saturated heterocycles. The first kappa shape index (κ1) is 10.2. The second-order valence-electron chi connectivity index (χ2n) is 2.74. The Morgan fingerprint density at radius 3 is 2.40 bits per heavy atom. The van der Waals surface area contributed by atoms with E-state index in [1.165, 1.54) is 12.4 Å². The highest BCUT2D eigenvalue weighted by atomic mass is 35.5. The van der Waals surface area contributed by atoms with Crippen molar-refractivity contribution in [1.82, 2.24) is 9.97 Å². The number of rotatable bonds is 2. The molecule has 0 amide bonds. The van der Waals surface area contributed by atoms with Crippen molar-refractivity contribution in [3.8, 4) is 11.8 Å². The number of ether oxygens (including phenoxy) is 1. The third-order valence-corrected chi connectivity index (χ3v) is 2.03. The molecule has 0 atom stereocenters. The SMILES string of the molecule is Clc1cnc(Oc2cccc(Cl)c2)nc1. The molecular formula is C10H6Cl2N2O. The average Bonchev–Trinajstić information content (AvgIpc) is 2.22. The van der Waals surface area contributed by atoms with Crippen molar-refractivity contribution >= 4 is 23.2 Å². The Labute approximate surface area is 96.6 Å². The monoisotopic (exact) mass is 240 g/mol. The van der Waals surface area contributed by atoms with E-state index in [1.54, 1.807) is 24.3 Å². The molecule has 5 heteroatoms. The molecule has 0 aliphatic rings. The van der Waals surface area contributed by atoms with Crippen LogP contribution in [0.25, 0.3) is 0 Å². The van der Waals surface area contributed by atoms with Crippen LogP contribution in [0.1, 0.15) is 0 Å². The highest BCUT2D eigenvalue weighted by Crippen LogP contribution is 2.21. The van der Waals surface area contributed by atoms with Crippen molar-refractivity contribution < 1.29 is 4.74 Å². The van der Waals surface area contributed by atoms with E-state index < -0.39 is 0 Å². The molecule has 0 spiro atoms. The Morgan fingerprint density at radius 2 is 1.73 bits per heavy atom. The number of hydrogen-bond acceptors (Lipinski definition) is 3. The second-order valence-corrected chi connectivity index (χ2v) is 3.62. The van der Waals surface area contributed by atoms with Crippen LogP contribution in [-0.4, -0.2) is 9.97 Å². The van der Waals surface area contributed by atoms with E-state index in [4.69, 9.17) is 27.9 Å². The summed E-state index contributed by atoms with van der Waals surface area (Å²) in [4.78, 5) is 7.79. The van der Waals surface area contributed by atoms with Crippen LogP contribution < -0.4 is 4.74 Å². The summed E-state index contributed by atoms with van der Waals surface area (Å²) in [7, 11) is 0. The van der Waals surface area contributed by atoms with Crippen LogP contribution in [0.3, 0.4) is 0 Å². The van der Waals surface area contributed by atoms with Crippen LogP contribution in [0.4, 0.5) is 0 Å². The Morgan fingerprint density at radius 1 is 1.00 bits per heavy atom. The van der Waals surface area contributed by atoms with E-state index in [1.807, 2.05) is 0 Å². The minimum Gasteiger partial charge on any atom is -0.424 e. The number of aromatic nitrogens is 2. The van der Waals surface area contributed by atoms with Crippen molar-refractivity contribution in [2.24, 2.45) is 0 Å². The lowest BCUT2D eigenvalue weighted by Gasteiger charge is -2.02. The van der Waals surface area contributed by atoms with Gasteiger partial charge in [0.15, 0.2) is 0 Å². The molecule has 0 aliphatic heterocycles. The highest BCUT2D eigenvalue weighted by Gasteiger charge is 2.00. The molecule has 0 radical (unpaired) electrons. The van der Waals surface area contributed by atoms with Gasteiger partial charge in [-0.15, -0.1) is 0 Å². The van der Waals surface area contributed by atoms with Gasteiger partial charge in [0.1, 0.15) is 5.75 Å². The zero-order valence-corrected chi connectivity index (χ0v) is 9.03. The number of halogens is 2. The van der Waals surface area contributed by atoms with Crippen LogP contribution in [-0.2, 0) is 0 Å². The zero-order chi connectivity index (χ0) is 10.7. The third kappa shape index (κ3) is 2.81. The maximum atomic E-state index is 5.79. The maximum Gasteiger partial charge on any atom is 0.321 e. The van der Waals surface area contributed by atoms with Gasteiger partial charge in [-0.1, -0.05) is 29.3 Å². The summed E-state index contributed by atoms with van der Waals surface area (Å²) >= 11 is 11.4. The Balaban J connectivity index is 2.18. The van der Waals surface area contributed by atoms with Crippen LogP contribution in [0.5, 0.6) is 11.8 Å². The van der Waals surface area contributed by atoms with Crippen LogP contribution >= 0.6 is 23.2 Å². The number of hydrogen-bond donors (Lipinski definition) is 0. The molecule has 0 saturated carbocycles. The standard InChI is InChI=1S/C10H6Cl2N2O/c11-7-2-1-3-9(4-7)15-10-13-5-8(12)6-14-10/h1-6H. The van der Waals surface area contributed by atoms with Gasteiger partial charge in [-0.05, 0) is 18.2 Å². The molecule has 0 unspecified atom stereocenters. The van der Waals surface area contributed by atoms with Crippen molar-refractivity contribution in [3.05, 3.63) is 46.7 Å². The number of benzene rings is 1. The van der Waals surface area contributed by atoms with E-state index in [9.17, 15) is 0 Å². The summed E-state index contributed by atoms with van der Waals surface area (Å²) in [6.07, 6.45) is 2.93. The fourth-order valence-corrected chi connectivity index (χ4v) is 1.27. The quantitative estimate of drug-likeness (QED) is 0.805. The Kier molecular flexibility index (Phi) is 3.04. The molecule has 0 aliphatic carbocycles. The summed E-state index contributed by atoms with van der Waals surface area (Å²) < 4.78 is 5.35. The lowest BCUT2D eigenvalue weighted by Crippen LogP contribution is -1.90. The first-order chi connectivity index (χ1) is 7.24. The second kappa shape index (κ2) is 4.47. The molecule has 1 aromatic heterocycles. The van der Waals surface area contributed by atoms with Gasteiger partial charge in [-0.2, -0.15) is 0 Å². The topological polar surface area (TPSA) is 35.0 Å². The van der Waals surface area contributed by atoms with Gasteiger partial charge in [-0.3, -0.25) is 0 Å². The molecule has 2 rings (SSSR count). The molecule has 15 heavy (non-hydrogen) atoms. The predicted octanol–water partition coefficient (Wildman–Crippen LogP) is 3.58. The van der Waals surface area contributed by atoms with Gasteiger partial charge in [0.05, 0.1) is 17.4 Å². The summed E-state index contributed by atoms with van der Waals surface area (Å²) in [5.74, 6) is 0.588. The zero-order valence-electron chi connectivity index (χ0n) is 7.52. The van der Waals surface area contributed by atoms with E-state index in [0.717, 1.165) is 0 Å². The fraction of sp³-hybridized carbons (Fsp3) is 0. The summed E-state index contributed by atoms with van der Waals surface area (Å²) in [6, 6.07) is 7.23. The third-order valence-electron chi connectivity index (χ3n) is 1.60. The Hall–Kier alpha value is -1.32. The molecule has 1 aromatic carbocycles. The van der Waals surface area contributed by atoms with E-state index in [-0.39, 0.29) is 6.01 Å². The smallest absolute Gasteiger partial charge is 0.321 e. The lowest BCUT2D eigenvalue weighted by molar-refractivity contribution is 0.442. The lowest BCUT2D eigenvalue weighted by atomic mass is 10.3. The first-order valence-electron chi connectivity index (χ1n) is 4.15. The van der Waals surface area contributed by atoms with E-state index in [0.29, 0.717) is 15.8 Å². The molecule has 3 nitrogen and oxygen atoms in total. The van der Waals surface area contributed by atoms with Crippen molar-refractivity contribution in [2.75, 3.05) is 0 Å². The van der Waals surface area contributed by atoms with E-state index in [2.05, 4.69) is 9.97 Å². The molecule has 0 fully saturated rings. The molecular weight excluding hydrogens is 235 g/mol. The first-order valence-corrected chi connectivity index (χ1v) is 4.90. The number of nitrogens with zero attached hydrogens (tertiary/aromatic N) is 2. The normalized spacial score (nSPS) is 10.0. The molecule has 2 aromatic rings. The van der Waals surface area contributed by atoms with Crippen LogP contribution in [0.15, 0.2) is 36.7 Å². The summed E-state index contributed by atoms with van der Waals surface area (Å²) in [5.41, 5.74) is 0. The molecule has 1 heterocycles. The summed E-state index contributed by atoms with van der Waals surface area (Å²) in [6.45, 7) is 0. The predicted molar refractivity (Wildman–Crippen MR) is 58.6 cm³/mol. The van der Waals surface area contributed by atoms with Gasteiger partial charge >= 0.3 is 6.01 Å². The van der Waals surface area contributed by atoms with Crippen LogP contribution in [0.2, 0.25) is 10.0 Å². The van der Waals surface area contributed by atoms with E-state index >= 15 is 0 Å². The highest BCUT2D eigenvalue weighted by molar-refractivity contribution is 6.30. The average molecular weight is 241 g/mol. The molecule has 76 valence electrons. The van der Waals surface area contributed by atoms with Gasteiger partial charge in [0.2, 0.25) is 0 Å². The maximum absolute atomic E-state index is 5.79. The van der Waals surface area contributed by atoms with Gasteiger partial charge in [-0.25, -0.2) is 9.97 Å². The van der Waals surface area contributed by atoms with Crippen molar-refractivity contribution in [3.63, 3.8) is 0 Å². The largest absolute Gasteiger partial charge is 0.424 e. The minimum atomic E-state index is 0.238. The minimum absolute atomic E-state index is 0.238. The van der Waals surface area contributed by atoms with Gasteiger partial charge < -0.3 is 4.74 Å². The van der Waals surface area contributed by atoms with Crippen molar-refractivity contribution in [1.29, 1.82) is 0 Å². The summed E-state index contributed by atoms with van der Waals surface area (Å²) in [5, 5.41) is 1.06. The Bertz CT molecular complexity index is 459. The molecule has 0 bridgehead atoms. The molecule has 0 N–H and O–H groups in total. The fourth-order valence-electron chi connectivity index (χ4n) is 0.989. The van der Waals surface area contributed by atoms with Gasteiger partial charge in [0, 0.05) is 5.02 Å². The van der Waals surface area contributed by atoms with Crippen LogP contribution in [0, 0.1) is 0 Å².